The third-order valence-electron chi connectivity index (χ3n) is 4.37. The highest BCUT2D eigenvalue weighted by atomic mass is 35.5. The number of aliphatic carboxylic acids is 2. The molecule has 1 saturated heterocycles. The van der Waals surface area contributed by atoms with Crippen molar-refractivity contribution in [3.05, 3.63) is 47.0 Å². The van der Waals surface area contributed by atoms with Gasteiger partial charge in [-0.05, 0) is 40.0 Å². The number of aliphatic hydroxyl groups is 1. The molecule has 0 amide bonds. The van der Waals surface area contributed by atoms with E-state index in [0.29, 0.717) is 23.8 Å². The predicted molar refractivity (Wildman–Crippen MR) is 97.0 cm³/mol. The van der Waals surface area contributed by atoms with Gasteiger partial charge in [-0.2, -0.15) is 0 Å². The van der Waals surface area contributed by atoms with Crippen molar-refractivity contribution in [3.63, 3.8) is 0 Å². The molecule has 0 aliphatic carbocycles. The van der Waals surface area contributed by atoms with Crippen LogP contribution in [0.25, 0.3) is 0 Å². The van der Waals surface area contributed by atoms with Crippen LogP contribution in [0, 0.1) is 0 Å². The number of carbonyl (C=O) groups is 2. The summed E-state index contributed by atoms with van der Waals surface area (Å²) in [5.41, 5.74) is 0.652. The van der Waals surface area contributed by atoms with Gasteiger partial charge in [0.15, 0.2) is 0 Å². The number of hydrogen-bond donors (Lipinski definition) is 3. The smallest absolute Gasteiger partial charge is 0.328 e. The predicted octanol–water partition coefficient (Wildman–Crippen LogP) is 2.33. The molecular formula is C18H24ClNO6. The highest BCUT2D eigenvalue weighted by Gasteiger charge is 2.48. The van der Waals surface area contributed by atoms with Gasteiger partial charge >= 0.3 is 11.9 Å². The highest BCUT2D eigenvalue weighted by molar-refractivity contribution is 6.30. The van der Waals surface area contributed by atoms with Gasteiger partial charge in [-0.3, -0.25) is 4.90 Å². The van der Waals surface area contributed by atoms with Crippen LogP contribution in [0.15, 0.2) is 36.4 Å². The Kier molecular flexibility index (Phi) is 7.35. The molecule has 8 heteroatoms. The number of hydrogen-bond acceptors (Lipinski definition) is 5. The van der Waals surface area contributed by atoms with Crippen molar-refractivity contribution in [2.45, 2.75) is 38.1 Å². The third-order valence-corrected chi connectivity index (χ3v) is 4.63. The first-order valence-electron chi connectivity index (χ1n) is 7.89. The first kappa shape index (κ1) is 22.1. The van der Waals surface area contributed by atoms with E-state index in [0.717, 1.165) is 5.56 Å². The summed E-state index contributed by atoms with van der Waals surface area (Å²) in [6, 6.07) is 7.02. The molecule has 3 N–H and O–H groups in total. The Morgan fingerprint density at radius 2 is 1.65 bits per heavy atom. The van der Waals surface area contributed by atoms with E-state index in [1.165, 1.54) is 0 Å². The van der Waals surface area contributed by atoms with Gasteiger partial charge in [0, 0.05) is 28.3 Å². The minimum Gasteiger partial charge on any atom is -0.478 e. The molecule has 1 heterocycles. The Morgan fingerprint density at radius 3 is 2.08 bits per heavy atom. The van der Waals surface area contributed by atoms with E-state index in [9.17, 15) is 14.7 Å². The second-order valence-corrected chi connectivity index (χ2v) is 7.04. The zero-order chi connectivity index (χ0) is 20.1. The zero-order valence-corrected chi connectivity index (χ0v) is 15.9. The third kappa shape index (κ3) is 5.54. The van der Waals surface area contributed by atoms with E-state index in [1.807, 2.05) is 26.1 Å². The summed E-state index contributed by atoms with van der Waals surface area (Å²) in [6.07, 6.45) is 1.12. The summed E-state index contributed by atoms with van der Waals surface area (Å²) < 4.78 is 5.76. The number of benzene rings is 1. The van der Waals surface area contributed by atoms with Crippen LogP contribution >= 0.6 is 11.6 Å². The van der Waals surface area contributed by atoms with Crippen LogP contribution in [-0.2, 0) is 20.1 Å². The molecule has 0 bridgehead atoms. The molecule has 1 aliphatic heterocycles. The van der Waals surface area contributed by atoms with Gasteiger partial charge in [0.2, 0.25) is 5.79 Å². The average molecular weight is 386 g/mol. The molecule has 2 atom stereocenters. The number of likely N-dealkylation sites (N-methyl/N-ethyl adjacent to an activating group) is 1. The molecule has 0 aromatic heterocycles. The van der Waals surface area contributed by atoms with Crippen molar-refractivity contribution in [1.82, 2.24) is 4.90 Å². The summed E-state index contributed by atoms with van der Waals surface area (Å²) in [7, 11) is 2.01. The summed E-state index contributed by atoms with van der Waals surface area (Å²) >= 11 is 5.87. The molecule has 1 fully saturated rings. The molecule has 0 spiro atoms. The second-order valence-electron chi connectivity index (χ2n) is 6.60. The fourth-order valence-electron chi connectivity index (χ4n) is 2.45. The van der Waals surface area contributed by atoms with Crippen molar-refractivity contribution in [1.29, 1.82) is 0 Å². The Balaban J connectivity index is 0.000000359. The maximum Gasteiger partial charge on any atom is 0.328 e. The van der Waals surface area contributed by atoms with Crippen molar-refractivity contribution in [2.75, 3.05) is 13.7 Å². The summed E-state index contributed by atoms with van der Waals surface area (Å²) in [5.74, 6) is -3.80. The summed E-state index contributed by atoms with van der Waals surface area (Å²) in [4.78, 5) is 21.3. The van der Waals surface area contributed by atoms with E-state index >= 15 is 0 Å². The van der Waals surface area contributed by atoms with Crippen LogP contribution in [0.5, 0.6) is 0 Å². The quantitative estimate of drug-likeness (QED) is 0.685. The maximum absolute atomic E-state index is 10.8. The lowest BCUT2D eigenvalue weighted by molar-refractivity contribution is -0.298. The van der Waals surface area contributed by atoms with E-state index in [1.54, 1.807) is 12.1 Å². The standard InChI is InChI=1S/C14H20ClNO2.C4H4O4/c1-10-14(17,11-5-7-12(15)8-6-11)18-9-13(2,3)16(10)4;5-3(6)1-2-4(7)8/h5-8,10,17H,9H2,1-4H3;1-2H,(H,5,6)(H,7,8)/b;2-1+/t10-,14+;/m0./s1. The van der Waals surface area contributed by atoms with Gasteiger partial charge in [-0.15, -0.1) is 0 Å². The number of nitrogens with zero attached hydrogens (tertiary/aromatic N) is 1. The molecule has 26 heavy (non-hydrogen) atoms. The van der Waals surface area contributed by atoms with Crippen molar-refractivity contribution < 1.29 is 29.6 Å². The summed E-state index contributed by atoms with van der Waals surface area (Å²) in [6.45, 7) is 6.65. The first-order chi connectivity index (χ1) is 11.9. The molecule has 144 valence electrons. The van der Waals surface area contributed by atoms with Gasteiger partial charge in [0.1, 0.15) is 0 Å². The Bertz CT molecular complexity index is 657. The second kappa shape index (κ2) is 8.64. The van der Waals surface area contributed by atoms with Gasteiger partial charge in [0.25, 0.3) is 0 Å². The SMILES string of the molecule is C[C@@H]1N(C)C(C)(C)CO[C@@]1(O)c1ccc(Cl)cc1.O=C(O)/C=C/C(=O)O. The van der Waals surface area contributed by atoms with Gasteiger partial charge in [-0.25, -0.2) is 9.59 Å². The molecule has 1 aromatic carbocycles. The van der Waals surface area contributed by atoms with Crippen LogP contribution < -0.4 is 0 Å². The lowest BCUT2D eigenvalue weighted by Crippen LogP contribution is -2.63. The molecule has 2 rings (SSSR count). The number of halogens is 1. The van der Waals surface area contributed by atoms with E-state index in [-0.39, 0.29) is 11.6 Å². The molecule has 0 unspecified atom stereocenters. The van der Waals surface area contributed by atoms with Crippen LogP contribution in [0.1, 0.15) is 26.3 Å². The normalized spacial score (nSPS) is 25.4. The molecule has 7 nitrogen and oxygen atoms in total. The molecular weight excluding hydrogens is 362 g/mol. The van der Waals surface area contributed by atoms with Crippen LogP contribution in [0.4, 0.5) is 0 Å². The highest BCUT2D eigenvalue weighted by Crippen LogP contribution is 2.37. The topological polar surface area (TPSA) is 107 Å². The Morgan fingerprint density at radius 1 is 1.19 bits per heavy atom. The maximum atomic E-state index is 10.8. The zero-order valence-electron chi connectivity index (χ0n) is 15.1. The summed E-state index contributed by atoms with van der Waals surface area (Å²) in [5, 5.41) is 27.1. The van der Waals surface area contributed by atoms with Gasteiger partial charge < -0.3 is 20.1 Å². The Hall–Kier alpha value is -1.93. The number of carboxylic acids is 2. The van der Waals surface area contributed by atoms with E-state index in [4.69, 9.17) is 26.6 Å². The Labute approximate surface area is 157 Å². The van der Waals surface area contributed by atoms with Crippen molar-refractivity contribution >= 4 is 23.5 Å². The molecule has 1 aliphatic rings. The van der Waals surface area contributed by atoms with Crippen molar-refractivity contribution in [2.24, 2.45) is 0 Å². The number of carboxylic acid groups (broad SMARTS) is 2. The number of rotatable bonds is 3. The minimum atomic E-state index is -1.28. The van der Waals surface area contributed by atoms with Gasteiger partial charge in [0.05, 0.1) is 12.6 Å². The van der Waals surface area contributed by atoms with Crippen molar-refractivity contribution in [3.8, 4) is 0 Å². The van der Waals surface area contributed by atoms with E-state index in [2.05, 4.69) is 18.7 Å². The van der Waals surface area contributed by atoms with Crippen LogP contribution in [-0.4, -0.2) is 57.4 Å². The fraction of sp³-hybridized carbons (Fsp3) is 0.444. The molecule has 1 aromatic rings. The van der Waals surface area contributed by atoms with E-state index < -0.39 is 17.7 Å². The molecule has 0 radical (unpaired) electrons. The fourth-order valence-corrected chi connectivity index (χ4v) is 2.58. The largest absolute Gasteiger partial charge is 0.478 e. The number of ether oxygens (including phenoxy) is 1. The molecule has 0 saturated carbocycles. The first-order valence-corrected chi connectivity index (χ1v) is 8.27. The average Bonchev–Trinajstić information content (AvgIpc) is 2.56. The monoisotopic (exact) mass is 385 g/mol. The number of morpholine rings is 1. The van der Waals surface area contributed by atoms with Crippen LogP contribution in [0.3, 0.4) is 0 Å². The minimum absolute atomic E-state index is 0.0852. The van der Waals surface area contributed by atoms with Crippen LogP contribution in [0.2, 0.25) is 5.02 Å². The lowest BCUT2D eigenvalue weighted by Gasteiger charge is -2.52. The van der Waals surface area contributed by atoms with Gasteiger partial charge in [-0.1, -0.05) is 23.7 Å². The lowest BCUT2D eigenvalue weighted by atomic mass is 9.90.